The topological polar surface area (TPSA) is 88.0 Å². The molecule has 1 aliphatic heterocycles. The van der Waals surface area contributed by atoms with Gasteiger partial charge in [0.2, 0.25) is 0 Å². The molecule has 1 aliphatic rings. The molecular formula is C22H28N8. The Morgan fingerprint density at radius 1 is 1.13 bits per heavy atom. The van der Waals surface area contributed by atoms with E-state index in [0.29, 0.717) is 19.5 Å². The number of nitrogens with one attached hydrogen (secondary N) is 1. The molecule has 0 spiro atoms. The van der Waals surface area contributed by atoms with Gasteiger partial charge in [-0.2, -0.15) is 5.26 Å². The van der Waals surface area contributed by atoms with Gasteiger partial charge in [-0.1, -0.05) is 6.07 Å². The zero-order chi connectivity index (χ0) is 20.9. The Labute approximate surface area is 177 Å². The van der Waals surface area contributed by atoms with Gasteiger partial charge in [0.05, 0.1) is 24.0 Å². The lowest BCUT2D eigenvalue weighted by molar-refractivity contribution is 0.307. The SMILES string of the molecule is CN1CCN(c2ccnc3nc(CN(C)Cc4ncccc4CCC#N)[nH]c23)CC1. The van der Waals surface area contributed by atoms with Crippen molar-refractivity contribution in [2.75, 3.05) is 45.2 Å². The van der Waals surface area contributed by atoms with Crippen molar-refractivity contribution in [3.63, 3.8) is 0 Å². The molecule has 0 unspecified atom stereocenters. The number of aryl methyl sites for hydroxylation is 1. The van der Waals surface area contributed by atoms with Crippen molar-refractivity contribution >= 4 is 16.9 Å². The molecule has 0 bridgehead atoms. The normalized spacial score (nSPS) is 15.1. The fourth-order valence-electron chi connectivity index (χ4n) is 3.93. The quantitative estimate of drug-likeness (QED) is 0.646. The molecule has 3 aromatic rings. The summed E-state index contributed by atoms with van der Waals surface area (Å²) in [5, 5.41) is 8.89. The number of nitriles is 1. The molecule has 3 aromatic heterocycles. The number of piperazine rings is 1. The van der Waals surface area contributed by atoms with Crippen LogP contribution in [0.1, 0.15) is 23.5 Å². The average molecular weight is 405 g/mol. The van der Waals surface area contributed by atoms with E-state index in [9.17, 15) is 0 Å². The van der Waals surface area contributed by atoms with Gasteiger partial charge in [-0.05, 0) is 38.2 Å². The Bertz CT molecular complexity index is 1030. The summed E-state index contributed by atoms with van der Waals surface area (Å²) in [6.07, 6.45) is 4.90. The number of hydrogen-bond acceptors (Lipinski definition) is 7. The Morgan fingerprint density at radius 3 is 2.77 bits per heavy atom. The van der Waals surface area contributed by atoms with Gasteiger partial charge in [0.1, 0.15) is 11.3 Å². The van der Waals surface area contributed by atoms with Crippen molar-refractivity contribution in [2.45, 2.75) is 25.9 Å². The molecule has 4 heterocycles. The van der Waals surface area contributed by atoms with Gasteiger partial charge in [-0.25, -0.2) is 9.97 Å². The molecule has 0 radical (unpaired) electrons. The first-order chi connectivity index (χ1) is 14.6. The highest BCUT2D eigenvalue weighted by molar-refractivity contribution is 5.86. The standard InChI is InChI=1S/C22H28N8/c1-28-11-13-30(14-12-28)19-7-10-25-22-21(19)26-20(27-22)16-29(2)15-18-17(5-3-8-23)6-4-9-24-18/h4,6-7,9-10H,3,5,11-16H2,1-2H3,(H,25,26,27). The monoisotopic (exact) mass is 404 g/mol. The van der Waals surface area contributed by atoms with Gasteiger partial charge < -0.3 is 14.8 Å². The Morgan fingerprint density at radius 2 is 1.97 bits per heavy atom. The molecule has 156 valence electrons. The van der Waals surface area contributed by atoms with Crippen LogP contribution in [0, 0.1) is 11.3 Å². The van der Waals surface area contributed by atoms with Crippen molar-refractivity contribution in [1.82, 2.24) is 29.7 Å². The lowest BCUT2D eigenvalue weighted by Crippen LogP contribution is -2.44. The van der Waals surface area contributed by atoms with Crippen molar-refractivity contribution in [3.05, 3.63) is 47.7 Å². The van der Waals surface area contributed by atoms with Crippen LogP contribution in [0.5, 0.6) is 0 Å². The van der Waals surface area contributed by atoms with Crippen molar-refractivity contribution < 1.29 is 0 Å². The summed E-state index contributed by atoms with van der Waals surface area (Å²) in [7, 11) is 4.22. The maximum absolute atomic E-state index is 8.89. The summed E-state index contributed by atoms with van der Waals surface area (Å²) in [5.74, 6) is 0.899. The number of aromatic amines is 1. The molecule has 8 heteroatoms. The Kier molecular flexibility index (Phi) is 6.21. The number of nitrogens with zero attached hydrogens (tertiary/aromatic N) is 7. The van der Waals surface area contributed by atoms with Crippen molar-refractivity contribution in [2.24, 2.45) is 0 Å². The number of anilines is 1. The molecule has 0 aromatic carbocycles. The Balaban J connectivity index is 1.48. The number of fused-ring (bicyclic) bond motifs is 1. The fraction of sp³-hybridized carbons (Fsp3) is 0.455. The lowest BCUT2D eigenvalue weighted by atomic mass is 10.1. The maximum atomic E-state index is 8.89. The second-order valence-electron chi connectivity index (χ2n) is 7.94. The molecular weight excluding hydrogens is 376 g/mol. The largest absolute Gasteiger partial charge is 0.367 e. The third kappa shape index (κ3) is 4.58. The molecule has 30 heavy (non-hydrogen) atoms. The van der Waals surface area contributed by atoms with Crippen LogP contribution < -0.4 is 4.90 Å². The summed E-state index contributed by atoms with van der Waals surface area (Å²) >= 11 is 0. The molecule has 0 aliphatic carbocycles. The van der Waals surface area contributed by atoms with Crippen LogP contribution in [-0.2, 0) is 19.5 Å². The van der Waals surface area contributed by atoms with Crippen LogP contribution in [-0.4, -0.2) is 70.0 Å². The minimum atomic E-state index is 0.507. The number of H-pyrrole nitrogens is 1. The highest BCUT2D eigenvalue weighted by Crippen LogP contribution is 2.25. The van der Waals surface area contributed by atoms with Crippen LogP contribution in [0.3, 0.4) is 0 Å². The van der Waals surface area contributed by atoms with E-state index in [1.807, 2.05) is 18.5 Å². The molecule has 0 atom stereocenters. The minimum absolute atomic E-state index is 0.507. The van der Waals surface area contributed by atoms with Crippen LogP contribution in [0.15, 0.2) is 30.6 Å². The van der Waals surface area contributed by atoms with E-state index in [2.05, 4.69) is 61.9 Å². The predicted octanol–water partition coefficient (Wildman–Crippen LogP) is 2.19. The van der Waals surface area contributed by atoms with Crippen molar-refractivity contribution in [1.29, 1.82) is 5.26 Å². The highest BCUT2D eigenvalue weighted by atomic mass is 15.3. The first-order valence-corrected chi connectivity index (χ1v) is 10.4. The predicted molar refractivity (Wildman–Crippen MR) is 117 cm³/mol. The van der Waals surface area contributed by atoms with E-state index in [-0.39, 0.29) is 0 Å². The summed E-state index contributed by atoms with van der Waals surface area (Å²) in [6.45, 7) is 5.52. The van der Waals surface area contributed by atoms with Gasteiger partial charge >= 0.3 is 0 Å². The van der Waals surface area contributed by atoms with Crippen molar-refractivity contribution in [3.8, 4) is 6.07 Å². The first-order valence-electron chi connectivity index (χ1n) is 10.4. The van der Waals surface area contributed by atoms with Gasteiger partial charge in [-0.3, -0.25) is 9.88 Å². The van der Waals surface area contributed by atoms with E-state index < -0.39 is 0 Å². The minimum Gasteiger partial charge on any atom is -0.367 e. The second kappa shape index (κ2) is 9.20. The fourth-order valence-corrected chi connectivity index (χ4v) is 3.93. The highest BCUT2D eigenvalue weighted by Gasteiger charge is 2.19. The number of imidazole rings is 1. The molecule has 1 N–H and O–H groups in total. The number of rotatable bonds is 7. The zero-order valence-electron chi connectivity index (χ0n) is 17.7. The second-order valence-corrected chi connectivity index (χ2v) is 7.94. The average Bonchev–Trinajstić information content (AvgIpc) is 3.16. The molecule has 4 rings (SSSR count). The summed E-state index contributed by atoms with van der Waals surface area (Å²) < 4.78 is 0. The molecule has 0 amide bonds. The Hall–Kier alpha value is -3.02. The van der Waals surface area contributed by atoms with Gasteiger partial charge in [0.25, 0.3) is 0 Å². The number of hydrogen-bond donors (Lipinski definition) is 1. The third-order valence-electron chi connectivity index (χ3n) is 5.59. The molecule has 0 saturated carbocycles. The van der Waals surface area contributed by atoms with E-state index in [0.717, 1.165) is 60.8 Å². The summed E-state index contributed by atoms with van der Waals surface area (Å²) in [6, 6.07) is 8.28. The third-order valence-corrected chi connectivity index (χ3v) is 5.59. The van der Waals surface area contributed by atoms with E-state index in [4.69, 9.17) is 10.2 Å². The number of likely N-dealkylation sites (N-methyl/N-ethyl adjacent to an activating group) is 1. The van der Waals surface area contributed by atoms with E-state index in [1.54, 1.807) is 0 Å². The smallest absolute Gasteiger partial charge is 0.179 e. The summed E-state index contributed by atoms with van der Waals surface area (Å²) in [5.41, 5.74) is 5.11. The van der Waals surface area contributed by atoms with E-state index in [1.165, 1.54) is 5.69 Å². The number of pyridine rings is 2. The van der Waals surface area contributed by atoms with Crippen LogP contribution >= 0.6 is 0 Å². The first kappa shape index (κ1) is 20.3. The van der Waals surface area contributed by atoms with Gasteiger partial charge in [0.15, 0.2) is 5.65 Å². The maximum Gasteiger partial charge on any atom is 0.179 e. The summed E-state index contributed by atoms with van der Waals surface area (Å²) in [4.78, 5) is 24.2. The van der Waals surface area contributed by atoms with Gasteiger partial charge in [-0.15, -0.1) is 0 Å². The van der Waals surface area contributed by atoms with Crippen LogP contribution in [0.4, 0.5) is 5.69 Å². The van der Waals surface area contributed by atoms with Gasteiger partial charge in [0, 0.05) is 51.5 Å². The van der Waals surface area contributed by atoms with Crippen LogP contribution in [0.25, 0.3) is 11.2 Å². The number of aromatic nitrogens is 4. The van der Waals surface area contributed by atoms with Crippen LogP contribution in [0.2, 0.25) is 0 Å². The molecule has 1 fully saturated rings. The van der Waals surface area contributed by atoms with E-state index >= 15 is 0 Å². The lowest BCUT2D eigenvalue weighted by Gasteiger charge is -2.34. The molecule has 1 saturated heterocycles. The molecule has 8 nitrogen and oxygen atoms in total. The zero-order valence-corrected chi connectivity index (χ0v) is 17.7.